The Bertz CT molecular complexity index is 573. The Morgan fingerprint density at radius 2 is 2.11 bits per heavy atom. The molecular weight excluding hydrogens is 254 g/mol. The topological polar surface area (TPSA) is 67.6 Å². The molecular formula is C12H17NO4S. The van der Waals surface area contributed by atoms with Gasteiger partial charge in [0.05, 0.1) is 10.8 Å². The Morgan fingerprint density at radius 3 is 2.56 bits per heavy atom. The number of furan rings is 1. The van der Waals surface area contributed by atoms with Crippen molar-refractivity contribution in [2.24, 2.45) is 0 Å². The van der Waals surface area contributed by atoms with E-state index in [9.17, 15) is 13.2 Å². The number of carbonyl (C=O) groups is 1. The van der Waals surface area contributed by atoms with Gasteiger partial charge < -0.3 is 9.32 Å². The standard InChI is InChI=1S/C12H17NO4S/c1-8-6-11(9(2)17-8)12(14)13-5-4-10(7-13)18(3,15)16/h6,10H,4-5,7H2,1-3H3/t10-/m0/s1. The third-order valence-electron chi connectivity index (χ3n) is 3.31. The van der Waals surface area contributed by atoms with Crippen molar-refractivity contribution in [2.75, 3.05) is 19.3 Å². The minimum Gasteiger partial charge on any atom is -0.466 e. The minimum absolute atomic E-state index is 0.143. The van der Waals surface area contributed by atoms with E-state index in [1.54, 1.807) is 24.8 Å². The van der Waals surface area contributed by atoms with E-state index in [2.05, 4.69) is 0 Å². The van der Waals surface area contributed by atoms with Crippen molar-refractivity contribution in [1.29, 1.82) is 0 Å². The Kier molecular flexibility index (Phi) is 3.23. The number of sulfone groups is 1. The van der Waals surface area contributed by atoms with Crippen molar-refractivity contribution >= 4 is 15.7 Å². The van der Waals surface area contributed by atoms with Gasteiger partial charge in [-0.05, 0) is 26.3 Å². The van der Waals surface area contributed by atoms with Crippen LogP contribution in [0.4, 0.5) is 0 Å². The van der Waals surface area contributed by atoms with Crippen molar-refractivity contribution in [3.8, 4) is 0 Å². The van der Waals surface area contributed by atoms with Gasteiger partial charge in [-0.25, -0.2) is 8.42 Å². The molecule has 0 unspecified atom stereocenters. The molecule has 1 aromatic heterocycles. The summed E-state index contributed by atoms with van der Waals surface area (Å²) >= 11 is 0. The zero-order valence-electron chi connectivity index (χ0n) is 10.8. The molecule has 1 atom stereocenters. The van der Waals surface area contributed by atoms with E-state index in [0.717, 1.165) is 0 Å². The fourth-order valence-corrected chi connectivity index (χ4v) is 3.26. The van der Waals surface area contributed by atoms with Crippen LogP contribution in [-0.4, -0.2) is 43.8 Å². The van der Waals surface area contributed by atoms with Crippen LogP contribution in [0.1, 0.15) is 28.3 Å². The zero-order valence-corrected chi connectivity index (χ0v) is 11.6. The molecule has 0 radical (unpaired) electrons. The molecule has 1 amide bonds. The predicted octanol–water partition coefficient (Wildman–Crippen LogP) is 1.16. The maximum Gasteiger partial charge on any atom is 0.257 e. The third-order valence-corrected chi connectivity index (χ3v) is 4.90. The summed E-state index contributed by atoms with van der Waals surface area (Å²) in [6, 6.07) is 1.70. The van der Waals surface area contributed by atoms with Crippen LogP contribution < -0.4 is 0 Å². The number of amides is 1. The van der Waals surface area contributed by atoms with Crippen LogP contribution in [0.3, 0.4) is 0 Å². The van der Waals surface area contributed by atoms with Crippen LogP contribution in [0.15, 0.2) is 10.5 Å². The van der Waals surface area contributed by atoms with E-state index in [1.165, 1.54) is 6.26 Å². The average molecular weight is 271 g/mol. The molecule has 1 aromatic rings. The van der Waals surface area contributed by atoms with Gasteiger partial charge in [0.2, 0.25) is 0 Å². The van der Waals surface area contributed by atoms with Crippen LogP contribution in [0.5, 0.6) is 0 Å². The summed E-state index contributed by atoms with van der Waals surface area (Å²) in [4.78, 5) is 13.8. The molecule has 1 aliphatic rings. The van der Waals surface area contributed by atoms with E-state index >= 15 is 0 Å². The van der Waals surface area contributed by atoms with Gasteiger partial charge in [-0.2, -0.15) is 0 Å². The van der Waals surface area contributed by atoms with Crippen molar-refractivity contribution in [1.82, 2.24) is 4.90 Å². The van der Waals surface area contributed by atoms with Gasteiger partial charge in [0.15, 0.2) is 9.84 Å². The zero-order chi connectivity index (χ0) is 13.5. The highest BCUT2D eigenvalue weighted by molar-refractivity contribution is 7.91. The molecule has 18 heavy (non-hydrogen) atoms. The summed E-state index contributed by atoms with van der Waals surface area (Å²) in [5, 5.41) is -0.435. The lowest BCUT2D eigenvalue weighted by Crippen LogP contribution is -2.31. The Balaban J connectivity index is 2.15. The highest BCUT2D eigenvalue weighted by Crippen LogP contribution is 2.21. The molecule has 0 bridgehead atoms. The molecule has 1 fully saturated rings. The number of nitrogens with zero attached hydrogens (tertiary/aromatic N) is 1. The van der Waals surface area contributed by atoms with E-state index in [0.29, 0.717) is 30.0 Å². The van der Waals surface area contributed by atoms with E-state index < -0.39 is 15.1 Å². The lowest BCUT2D eigenvalue weighted by atomic mass is 10.2. The van der Waals surface area contributed by atoms with Gasteiger partial charge in [-0.3, -0.25) is 4.79 Å². The molecule has 0 N–H and O–H groups in total. The highest BCUT2D eigenvalue weighted by Gasteiger charge is 2.33. The molecule has 0 spiro atoms. The second-order valence-electron chi connectivity index (χ2n) is 4.82. The fourth-order valence-electron chi connectivity index (χ4n) is 2.28. The molecule has 0 saturated carbocycles. The molecule has 6 heteroatoms. The summed E-state index contributed by atoms with van der Waals surface area (Å²) in [6.45, 7) is 4.29. The van der Waals surface area contributed by atoms with Gasteiger partial charge in [-0.15, -0.1) is 0 Å². The van der Waals surface area contributed by atoms with E-state index in [-0.39, 0.29) is 12.5 Å². The molecule has 100 valence electrons. The van der Waals surface area contributed by atoms with Crippen LogP contribution >= 0.6 is 0 Å². The normalized spacial score (nSPS) is 20.4. The van der Waals surface area contributed by atoms with Crippen molar-refractivity contribution in [3.63, 3.8) is 0 Å². The SMILES string of the molecule is Cc1cc(C(=O)N2CC[C@H](S(C)(=O)=O)C2)c(C)o1. The molecule has 0 aliphatic carbocycles. The Morgan fingerprint density at radius 1 is 1.44 bits per heavy atom. The average Bonchev–Trinajstić information content (AvgIpc) is 2.83. The number of hydrogen-bond acceptors (Lipinski definition) is 4. The quantitative estimate of drug-likeness (QED) is 0.809. The van der Waals surface area contributed by atoms with Crippen LogP contribution in [0.2, 0.25) is 0 Å². The first-order valence-electron chi connectivity index (χ1n) is 5.84. The first-order valence-corrected chi connectivity index (χ1v) is 7.79. The van der Waals surface area contributed by atoms with Crippen molar-refractivity contribution in [3.05, 3.63) is 23.2 Å². The molecule has 1 aliphatic heterocycles. The molecule has 5 nitrogen and oxygen atoms in total. The summed E-state index contributed by atoms with van der Waals surface area (Å²) in [5.41, 5.74) is 0.529. The largest absolute Gasteiger partial charge is 0.466 e. The summed E-state index contributed by atoms with van der Waals surface area (Å²) in [5.74, 6) is 1.13. The van der Waals surface area contributed by atoms with E-state index in [4.69, 9.17) is 4.42 Å². The number of carbonyl (C=O) groups excluding carboxylic acids is 1. The molecule has 2 rings (SSSR count). The number of aryl methyl sites for hydroxylation is 2. The second-order valence-corrected chi connectivity index (χ2v) is 7.14. The number of rotatable bonds is 2. The number of hydrogen-bond donors (Lipinski definition) is 0. The monoisotopic (exact) mass is 271 g/mol. The maximum atomic E-state index is 12.2. The van der Waals surface area contributed by atoms with Crippen LogP contribution in [0, 0.1) is 13.8 Å². The molecule has 2 heterocycles. The van der Waals surface area contributed by atoms with E-state index in [1.807, 2.05) is 0 Å². The van der Waals surface area contributed by atoms with Gasteiger partial charge in [0.25, 0.3) is 5.91 Å². The first kappa shape index (κ1) is 13.1. The highest BCUT2D eigenvalue weighted by atomic mass is 32.2. The Hall–Kier alpha value is -1.30. The van der Waals surface area contributed by atoms with Gasteiger partial charge in [-0.1, -0.05) is 0 Å². The summed E-state index contributed by atoms with van der Waals surface area (Å²) < 4.78 is 28.2. The minimum atomic E-state index is -3.07. The number of likely N-dealkylation sites (tertiary alicyclic amines) is 1. The predicted molar refractivity (Wildman–Crippen MR) is 67.3 cm³/mol. The second kappa shape index (κ2) is 4.42. The van der Waals surface area contributed by atoms with Crippen molar-refractivity contribution < 1.29 is 17.6 Å². The maximum absolute atomic E-state index is 12.2. The lowest BCUT2D eigenvalue weighted by Gasteiger charge is -2.15. The summed E-state index contributed by atoms with van der Waals surface area (Å²) in [6.07, 6.45) is 1.74. The first-order chi connectivity index (χ1) is 8.29. The van der Waals surface area contributed by atoms with Crippen molar-refractivity contribution in [2.45, 2.75) is 25.5 Å². The molecule has 1 saturated heterocycles. The smallest absolute Gasteiger partial charge is 0.257 e. The summed E-state index contributed by atoms with van der Waals surface area (Å²) in [7, 11) is -3.07. The van der Waals surface area contributed by atoms with Gasteiger partial charge in [0.1, 0.15) is 11.5 Å². The fraction of sp³-hybridized carbons (Fsp3) is 0.583. The van der Waals surface area contributed by atoms with Crippen LogP contribution in [0.25, 0.3) is 0 Å². The Labute approximate surface area is 107 Å². The lowest BCUT2D eigenvalue weighted by molar-refractivity contribution is 0.0791. The molecule has 0 aromatic carbocycles. The van der Waals surface area contributed by atoms with Gasteiger partial charge >= 0.3 is 0 Å². The van der Waals surface area contributed by atoms with Gasteiger partial charge in [0, 0.05) is 19.3 Å². The third kappa shape index (κ3) is 2.43. The van der Waals surface area contributed by atoms with Crippen LogP contribution in [-0.2, 0) is 9.84 Å².